The van der Waals surface area contributed by atoms with Crippen LogP contribution in [0.2, 0.25) is 0 Å². The summed E-state index contributed by atoms with van der Waals surface area (Å²) in [6.07, 6.45) is 4.28. The first-order chi connectivity index (χ1) is 12.1. The van der Waals surface area contributed by atoms with Gasteiger partial charge in [-0.15, -0.1) is 11.3 Å². The quantitative estimate of drug-likeness (QED) is 0.716. The molecule has 1 aliphatic heterocycles. The number of thiazole rings is 1. The number of amides is 1. The molecule has 1 amide bonds. The van der Waals surface area contributed by atoms with E-state index in [2.05, 4.69) is 40.9 Å². The first-order valence-electron chi connectivity index (χ1n) is 8.47. The molecular weight excluding hydrogens is 332 g/mol. The number of aromatic nitrogens is 3. The van der Waals surface area contributed by atoms with Crippen LogP contribution in [0.4, 0.5) is 0 Å². The zero-order valence-corrected chi connectivity index (χ0v) is 15.1. The van der Waals surface area contributed by atoms with Crippen LogP contribution in [0.25, 0.3) is 22.1 Å². The molecule has 0 spiro atoms. The summed E-state index contributed by atoms with van der Waals surface area (Å²) in [6.45, 7) is 4.85. The molecule has 5 nitrogen and oxygen atoms in total. The van der Waals surface area contributed by atoms with Crippen LogP contribution < -0.4 is 0 Å². The lowest BCUT2D eigenvalue weighted by Crippen LogP contribution is -2.32. The standard InChI is InChI=1S/C19H20N4OS/c1-13(2)23-11-15(10-17(23)24)22-9-8-20-18(22)19-21-16(12-25-19)14-6-4-3-5-7-14/h3-9,12-13,15H,10-11H2,1-2H3/t15-/m0/s1. The lowest BCUT2D eigenvalue weighted by Gasteiger charge is -2.21. The minimum Gasteiger partial charge on any atom is -0.338 e. The third kappa shape index (κ3) is 2.98. The van der Waals surface area contributed by atoms with E-state index in [1.165, 1.54) is 0 Å². The predicted octanol–water partition coefficient (Wildman–Crippen LogP) is 3.86. The molecule has 3 aromatic rings. The van der Waals surface area contributed by atoms with Gasteiger partial charge in [-0.05, 0) is 13.8 Å². The summed E-state index contributed by atoms with van der Waals surface area (Å²) >= 11 is 1.59. The minimum absolute atomic E-state index is 0.122. The summed E-state index contributed by atoms with van der Waals surface area (Å²) in [6, 6.07) is 10.5. The zero-order valence-electron chi connectivity index (χ0n) is 14.3. The number of benzene rings is 1. The molecule has 0 saturated carbocycles. The summed E-state index contributed by atoms with van der Waals surface area (Å²) in [4.78, 5) is 23.5. The second-order valence-corrected chi connectivity index (χ2v) is 7.42. The van der Waals surface area contributed by atoms with Crippen molar-refractivity contribution in [2.75, 3.05) is 6.54 Å². The van der Waals surface area contributed by atoms with Gasteiger partial charge in [0.2, 0.25) is 5.91 Å². The van der Waals surface area contributed by atoms with Gasteiger partial charge < -0.3 is 9.47 Å². The Morgan fingerprint density at radius 2 is 2.04 bits per heavy atom. The molecule has 1 saturated heterocycles. The Morgan fingerprint density at radius 1 is 1.24 bits per heavy atom. The maximum atomic E-state index is 12.2. The van der Waals surface area contributed by atoms with E-state index in [-0.39, 0.29) is 18.0 Å². The van der Waals surface area contributed by atoms with Gasteiger partial charge in [0.1, 0.15) is 0 Å². The summed E-state index contributed by atoms with van der Waals surface area (Å²) in [5.74, 6) is 1.05. The number of carbonyl (C=O) groups is 1. The Bertz CT molecular complexity index is 884. The second kappa shape index (κ2) is 6.44. The number of hydrogen-bond acceptors (Lipinski definition) is 4. The fraction of sp³-hybridized carbons (Fsp3) is 0.316. The Morgan fingerprint density at radius 3 is 2.76 bits per heavy atom. The molecule has 25 heavy (non-hydrogen) atoms. The second-order valence-electron chi connectivity index (χ2n) is 6.56. The molecule has 128 valence electrons. The summed E-state index contributed by atoms with van der Waals surface area (Å²) in [5.41, 5.74) is 2.06. The van der Waals surface area contributed by atoms with Gasteiger partial charge in [-0.1, -0.05) is 30.3 Å². The zero-order chi connectivity index (χ0) is 17.4. The molecule has 0 unspecified atom stereocenters. The van der Waals surface area contributed by atoms with Crippen molar-refractivity contribution in [2.24, 2.45) is 0 Å². The minimum atomic E-state index is 0.122. The fourth-order valence-electron chi connectivity index (χ4n) is 3.29. The third-order valence-corrected chi connectivity index (χ3v) is 5.43. The SMILES string of the molecule is CC(C)N1C[C@@H](n2ccnc2-c2nc(-c3ccccc3)cs2)CC1=O. The van der Waals surface area contributed by atoms with Crippen molar-refractivity contribution in [1.29, 1.82) is 0 Å². The molecule has 2 aromatic heterocycles. The highest BCUT2D eigenvalue weighted by molar-refractivity contribution is 7.13. The summed E-state index contributed by atoms with van der Waals surface area (Å²) in [7, 11) is 0. The van der Waals surface area contributed by atoms with Crippen molar-refractivity contribution < 1.29 is 4.79 Å². The Kier molecular flexibility index (Phi) is 4.13. The monoisotopic (exact) mass is 352 g/mol. The van der Waals surface area contributed by atoms with E-state index in [9.17, 15) is 4.79 Å². The van der Waals surface area contributed by atoms with Gasteiger partial charge in [0.05, 0.1) is 11.7 Å². The molecule has 1 aliphatic rings. The molecule has 0 aliphatic carbocycles. The molecule has 0 bridgehead atoms. The van der Waals surface area contributed by atoms with E-state index in [1.807, 2.05) is 29.3 Å². The van der Waals surface area contributed by atoms with Crippen LogP contribution in [-0.2, 0) is 4.79 Å². The molecular formula is C19H20N4OS. The Labute approximate surface area is 151 Å². The van der Waals surface area contributed by atoms with Crippen molar-refractivity contribution in [1.82, 2.24) is 19.4 Å². The lowest BCUT2D eigenvalue weighted by atomic mass is 10.2. The van der Waals surface area contributed by atoms with Crippen molar-refractivity contribution in [2.45, 2.75) is 32.4 Å². The van der Waals surface area contributed by atoms with Crippen molar-refractivity contribution in [3.05, 3.63) is 48.1 Å². The van der Waals surface area contributed by atoms with Gasteiger partial charge in [-0.3, -0.25) is 4.79 Å². The van der Waals surface area contributed by atoms with Crippen LogP contribution in [0.1, 0.15) is 26.3 Å². The predicted molar refractivity (Wildman–Crippen MR) is 99.3 cm³/mol. The molecule has 1 atom stereocenters. The summed E-state index contributed by atoms with van der Waals surface area (Å²) in [5, 5.41) is 2.95. The molecule has 6 heteroatoms. The Hall–Kier alpha value is -2.47. The van der Waals surface area contributed by atoms with Crippen molar-refractivity contribution >= 4 is 17.2 Å². The average Bonchev–Trinajstić information content (AvgIpc) is 3.33. The average molecular weight is 352 g/mol. The van der Waals surface area contributed by atoms with E-state index in [4.69, 9.17) is 4.98 Å². The highest BCUT2D eigenvalue weighted by atomic mass is 32.1. The number of likely N-dealkylation sites (tertiary alicyclic amines) is 1. The van der Waals surface area contributed by atoms with E-state index < -0.39 is 0 Å². The van der Waals surface area contributed by atoms with Gasteiger partial charge in [0, 0.05) is 42.3 Å². The molecule has 4 rings (SSSR count). The maximum Gasteiger partial charge on any atom is 0.225 e. The molecule has 1 aromatic carbocycles. The molecule has 1 fully saturated rings. The van der Waals surface area contributed by atoms with Crippen molar-refractivity contribution in [3.63, 3.8) is 0 Å². The normalized spacial score (nSPS) is 17.6. The van der Waals surface area contributed by atoms with Crippen LogP contribution in [0, 0.1) is 0 Å². The summed E-state index contributed by atoms with van der Waals surface area (Å²) < 4.78 is 2.11. The molecule has 0 N–H and O–H groups in total. The van der Waals surface area contributed by atoms with Crippen LogP contribution >= 0.6 is 11.3 Å². The van der Waals surface area contributed by atoms with Gasteiger partial charge in [0.15, 0.2) is 10.8 Å². The number of hydrogen-bond donors (Lipinski definition) is 0. The van der Waals surface area contributed by atoms with E-state index in [0.29, 0.717) is 6.42 Å². The van der Waals surface area contributed by atoms with Gasteiger partial charge in [-0.2, -0.15) is 0 Å². The van der Waals surface area contributed by atoms with Gasteiger partial charge >= 0.3 is 0 Å². The maximum absolute atomic E-state index is 12.2. The molecule has 3 heterocycles. The largest absolute Gasteiger partial charge is 0.338 e. The number of carbonyl (C=O) groups excluding carboxylic acids is 1. The number of imidazole rings is 1. The number of rotatable bonds is 4. The van der Waals surface area contributed by atoms with Gasteiger partial charge in [0.25, 0.3) is 0 Å². The highest BCUT2D eigenvalue weighted by Gasteiger charge is 2.33. The van der Waals surface area contributed by atoms with Crippen molar-refractivity contribution in [3.8, 4) is 22.1 Å². The van der Waals surface area contributed by atoms with E-state index >= 15 is 0 Å². The van der Waals surface area contributed by atoms with E-state index in [1.54, 1.807) is 17.5 Å². The van der Waals surface area contributed by atoms with Crippen LogP contribution in [0.3, 0.4) is 0 Å². The first-order valence-corrected chi connectivity index (χ1v) is 9.35. The topological polar surface area (TPSA) is 51.0 Å². The highest BCUT2D eigenvalue weighted by Crippen LogP contribution is 2.32. The smallest absolute Gasteiger partial charge is 0.225 e. The Balaban J connectivity index is 1.63. The van der Waals surface area contributed by atoms with Crippen LogP contribution in [-0.4, -0.2) is 37.9 Å². The third-order valence-electron chi connectivity index (χ3n) is 4.59. The lowest BCUT2D eigenvalue weighted by molar-refractivity contribution is -0.129. The van der Waals surface area contributed by atoms with Crippen LogP contribution in [0.15, 0.2) is 48.1 Å². The van der Waals surface area contributed by atoms with Gasteiger partial charge in [-0.25, -0.2) is 9.97 Å². The number of nitrogens with zero attached hydrogens (tertiary/aromatic N) is 4. The molecule has 0 radical (unpaired) electrons. The fourth-order valence-corrected chi connectivity index (χ4v) is 4.12. The van der Waals surface area contributed by atoms with Crippen LogP contribution in [0.5, 0.6) is 0 Å². The van der Waals surface area contributed by atoms with E-state index in [0.717, 1.165) is 28.6 Å². The first kappa shape index (κ1) is 16.0.